The average molecular weight is 258 g/mol. The molecule has 0 saturated heterocycles. The molecule has 0 fully saturated rings. The third-order valence-corrected chi connectivity index (χ3v) is 3.12. The summed E-state index contributed by atoms with van der Waals surface area (Å²) in [5, 5.41) is 2.82. The van der Waals surface area contributed by atoms with Crippen LogP contribution in [0.2, 0.25) is 0 Å². The van der Waals surface area contributed by atoms with Gasteiger partial charge in [0.05, 0.1) is 18.3 Å². The second-order valence-electron chi connectivity index (χ2n) is 4.45. The Morgan fingerprint density at radius 1 is 1.37 bits per heavy atom. The minimum Gasteiger partial charge on any atom is -0.465 e. The monoisotopic (exact) mass is 258 g/mol. The van der Waals surface area contributed by atoms with Crippen molar-refractivity contribution >= 4 is 17.0 Å². The van der Waals surface area contributed by atoms with Gasteiger partial charge in [-0.15, -0.1) is 0 Å². The third kappa shape index (κ3) is 2.03. The number of aromatic nitrogens is 1. The largest absolute Gasteiger partial charge is 0.465 e. The Labute approximate surface area is 109 Å². The topological polar surface area (TPSA) is 60.3 Å². The van der Waals surface area contributed by atoms with Crippen molar-refractivity contribution in [3.8, 4) is 0 Å². The number of carbonyl (C=O) groups excluding carboxylic acids is 1. The van der Waals surface area contributed by atoms with E-state index in [-0.39, 0.29) is 5.91 Å². The van der Waals surface area contributed by atoms with E-state index in [1.165, 1.54) is 0 Å². The summed E-state index contributed by atoms with van der Waals surface area (Å²) in [7, 11) is 1.84. The minimum absolute atomic E-state index is 0.150. The first kappa shape index (κ1) is 11.6. The number of hydrogen-bond donors (Lipinski definition) is 1. The molecule has 0 aliphatic carbocycles. The van der Waals surface area contributed by atoms with Gasteiger partial charge in [-0.1, -0.05) is 0 Å². The van der Waals surface area contributed by atoms with Crippen LogP contribution in [0.1, 0.15) is 22.0 Å². The molecule has 3 aromatic heterocycles. The van der Waals surface area contributed by atoms with Crippen molar-refractivity contribution in [1.82, 2.24) is 9.88 Å². The summed E-state index contributed by atoms with van der Waals surface area (Å²) in [4.78, 5) is 12.1. The predicted molar refractivity (Wildman–Crippen MR) is 69.8 cm³/mol. The number of carbonyl (C=O) groups is 1. The number of hydrogen-bond acceptors (Lipinski definition) is 3. The molecule has 3 rings (SSSR count). The van der Waals surface area contributed by atoms with Gasteiger partial charge in [-0.2, -0.15) is 0 Å². The van der Waals surface area contributed by atoms with Crippen molar-refractivity contribution in [3.63, 3.8) is 0 Å². The first-order chi connectivity index (χ1) is 9.15. The van der Waals surface area contributed by atoms with Crippen molar-refractivity contribution in [1.29, 1.82) is 0 Å². The predicted octanol–water partition coefficient (Wildman–Crippen LogP) is 2.60. The number of aryl methyl sites for hydroxylation is 2. The van der Waals surface area contributed by atoms with Crippen LogP contribution in [0.3, 0.4) is 0 Å². The molecule has 0 spiro atoms. The highest BCUT2D eigenvalue weighted by Gasteiger charge is 2.15. The zero-order chi connectivity index (χ0) is 13.4. The van der Waals surface area contributed by atoms with Gasteiger partial charge in [0.2, 0.25) is 0 Å². The summed E-state index contributed by atoms with van der Waals surface area (Å²) in [5.41, 5.74) is 2.18. The van der Waals surface area contributed by atoms with Gasteiger partial charge in [-0.05, 0) is 19.1 Å². The number of nitrogens with one attached hydrogen (secondary N) is 1. The highest BCUT2D eigenvalue weighted by Crippen LogP contribution is 2.19. The first-order valence-electron chi connectivity index (χ1n) is 6.01. The number of rotatable bonds is 3. The van der Waals surface area contributed by atoms with E-state index < -0.39 is 0 Å². The summed E-state index contributed by atoms with van der Waals surface area (Å²) in [5.74, 6) is 1.42. The van der Waals surface area contributed by atoms with E-state index >= 15 is 0 Å². The smallest absolute Gasteiger partial charge is 0.268 e. The zero-order valence-corrected chi connectivity index (χ0v) is 10.8. The van der Waals surface area contributed by atoms with Gasteiger partial charge in [-0.3, -0.25) is 4.79 Å². The fourth-order valence-electron chi connectivity index (χ4n) is 2.11. The van der Waals surface area contributed by atoms with E-state index in [2.05, 4.69) is 5.32 Å². The van der Waals surface area contributed by atoms with E-state index in [1.54, 1.807) is 12.3 Å². The van der Waals surface area contributed by atoms with Gasteiger partial charge < -0.3 is 18.7 Å². The highest BCUT2D eigenvalue weighted by atomic mass is 16.3. The van der Waals surface area contributed by atoms with Crippen LogP contribution < -0.4 is 5.32 Å². The summed E-state index contributed by atoms with van der Waals surface area (Å²) >= 11 is 0. The number of furan rings is 2. The Hall–Kier alpha value is -2.43. The van der Waals surface area contributed by atoms with Crippen LogP contribution >= 0.6 is 0 Å². The summed E-state index contributed by atoms with van der Waals surface area (Å²) < 4.78 is 12.5. The summed E-state index contributed by atoms with van der Waals surface area (Å²) in [6.45, 7) is 2.25. The normalized spacial score (nSPS) is 11.1. The number of nitrogens with zero attached hydrogens (tertiary/aromatic N) is 1. The molecule has 3 heterocycles. The van der Waals surface area contributed by atoms with Gasteiger partial charge in [0.1, 0.15) is 17.2 Å². The number of amides is 1. The molecular formula is C14H14N2O3. The zero-order valence-electron chi connectivity index (χ0n) is 10.8. The van der Waals surface area contributed by atoms with Gasteiger partial charge in [0.15, 0.2) is 5.58 Å². The van der Waals surface area contributed by atoms with Crippen LogP contribution in [0.5, 0.6) is 0 Å². The Morgan fingerprint density at radius 2 is 2.21 bits per heavy atom. The van der Waals surface area contributed by atoms with Crippen molar-refractivity contribution in [2.45, 2.75) is 13.5 Å². The van der Waals surface area contributed by atoms with Crippen molar-refractivity contribution in [2.24, 2.45) is 7.05 Å². The van der Waals surface area contributed by atoms with E-state index in [9.17, 15) is 4.79 Å². The molecule has 5 heteroatoms. The van der Waals surface area contributed by atoms with Gasteiger partial charge >= 0.3 is 0 Å². The molecule has 0 bridgehead atoms. The Kier molecular flexibility index (Phi) is 2.67. The molecule has 0 aromatic carbocycles. The molecular weight excluding hydrogens is 244 g/mol. The lowest BCUT2D eigenvalue weighted by atomic mass is 10.3. The van der Waals surface area contributed by atoms with Crippen LogP contribution in [0, 0.1) is 6.92 Å². The van der Waals surface area contributed by atoms with Crippen LogP contribution in [0.4, 0.5) is 0 Å². The van der Waals surface area contributed by atoms with Crippen LogP contribution in [-0.2, 0) is 13.6 Å². The van der Waals surface area contributed by atoms with Gasteiger partial charge in [-0.25, -0.2) is 0 Å². The molecule has 0 aliphatic rings. The molecule has 0 saturated carbocycles. The first-order valence-corrected chi connectivity index (χ1v) is 6.01. The maximum absolute atomic E-state index is 12.1. The summed E-state index contributed by atoms with van der Waals surface area (Å²) in [6, 6.07) is 7.30. The fourth-order valence-corrected chi connectivity index (χ4v) is 2.11. The Balaban J connectivity index is 1.76. The van der Waals surface area contributed by atoms with E-state index in [0.29, 0.717) is 17.8 Å². The molecule has 0 atom stereocenters. The lowest BCUT2D eigenvalue weighted by molar-refractivity contribution is 0.0940. The van der Waals surface area contributed by atoms with Crippen molar-refractivity contribution in [3.05, 3.63) is 47.7 Å². The lowest BCUT2D eigenvalue weighted by Crippen LogP contribution is -2.24. The Morgan fingerprint density at radius 3 is 2.89 bits per heavy atom. The Bertz CT molecular complexity index is 733. The summed E-state index contributed by atoms with van der Waals surface area (Å²) in [6.07, 6.45) is 1.61. The standard InChI is InChI=1S/C14H14N2O3/c1-9-3-4-10(19-9)8-15-14(17)12-7-13-11(16(12)2)5-6-18-13/h3-7H,8H2,1-2H3,(H,15,17). The lowest BCUT2D eigenvalue weighted by Gasteiger charge is -2.04. The number of fused-ring (bicyclic) bond motifs is 1. The molecule has 5 nitrogen and oxygen atoms in total. The molecule has 0 radical (unpaired) electrons. The maximum Gasteiger partial charge on any atom is 0.268 e. The molecule has 19 heavy (non-hydrogen) atoms. The third-order valence-electron chi connectivity index (χ3n) is 3.12. The molecule has 0 aliphatic heterocycles. The van der Waals surface area contributed by atoms with E-state index in [4.69, 9.17) is 8.83 Å². The minimum atomic E-state index is -0.150. The van der Waals surface area contributed by atoms with Gasteiger partial charge in [0.25, 0.3) is 5.91 Å². The molecule has 3 aromatic rings. The molecule has 98 valence electrons. The average Bonchev–Trinajstić information content (AvgIpc) is 3.05. The van der Waals surface area contributed by atoms with Crippen LogP contribution in [-0.4, -0.2) is 10.5 Å². The fraction of sp³-hybridized carbons (Fsp3) is 0.214. The van der Waals surface area contributed by atoms with Crippen molar-refractivity contribution in [2.75, 3.05) is 0 Å². The second kappa shape index (κ2) is 4.35. The quantitative estimate of drug-likeness (QED) is 0.785. The maximum atomic E-state index is 12.1. The van der Waals surface area contributed by atoms with Crippen molar-refractivity contribution < 1.29 is 13.6 Å². The molecule has 1 amide bonds. The highest BCUT2D eigenvalue weighted by molar-refractivity contribution is 5.97. The van der Waals surface area contributed by atoms with Gasteiger partial charge in [0, 0.05) is 19.2 Å². The van der Waals surface area contributed by atoms with Crippen LogP contribution in [0.15, 0.2) is 39.4 Å². The molecule has 0 unspecified atom stereocenters. The van der Waals surface area contributed by atoms with Crippen LogP contribution in [0.25, 0.3) is 11.1 Å². The molecule has 1 N–H and O–H groups in total. The second-order valence-corrected chi connectivity index (χ2v) is 4.45. The van der Waals surface area contributed by atoms with E-state index in [0.717, 1.165) is 17.0 Å². The van der Waals surface area contributed by atoms with E-state index in [1.807, 2.05) is 36.7 Å². The SMILES string of the molecule is Cc1ccc(CNC(=O)c2cc3occc3n2C)o1.